The van der Waals surface area contributed by atoms with E-state index < -0.39 is 9.84 Å². The number of carbonyl (C=O) groups is 1. The van der Waals surface area contributed by atoms with E-state index in [-0.39, 0.29) is 11.7 Å². The van der Waals surface area contributed by atoms with Crippen LogP contribution in [-0.2, 0) is 9.84 Å². The summed E-state index contributed by atoms with van der Waals surface area (Å²) in [4.78, 5) is 15.8. The predicted octanol–water partition coefficient (Wildman–Crippen LogP) is 0.288. The molecule has 1 aromatic heterocycles. The number of sulfone groups is 1. The lowest BCUT2D eigenvalue weighted by atomic mass is 10.3. The van der Waals surface area contributed by atoms with E-state index in [9.17, 15) is 13.2 Å². The fourth-order valence-corrected chi connectivity index (χ4v) is 2.00. The lowest BCUT2D eigenvalue weighted by molar-refractivity contribution is 0.0949. The van der Waals surface area contributed by atoms with E-state index in [1.807, 2.05) is 0 Å². The molecule has 0 aliphatic carbocycles. The van der Waals surface area contributed by atoms with Gasteiger partial charge >= 0.3 is 0 Å². The maximum Gasteiger partial charge on any atom is 0.269 e. The van der Waals surface area contributed by atoms with Crippen LogP contribution in [0, 0.1) is 0 Å². The third-order valence-corrected chi connectivity index (χ3v) is 3.25. The number of aromatic nitrogens is 1. The Morgan fingerprint density at radius 1 is 1.39 bits per heavy atom. The largest absolute Gasteiger partial charge is 0.373 e. The van der Waals surface area contributed by atoms with Crippen LogP contribution < -0.4 is 10.6 Å². The van der Waals surface area contributed by atoms with Crippen LogP contribution in [0.3, 0.4) is 0 Å². The zero-order valence-corrected chi connectivity index (χ0v) is 11.3. The number of rotatable bonds is 6. The molecule has 0 aliphatic rings. The van der Waals surface area contributed by atoms with Crippen LogP contribution in [0.5, 0.6) is 0 Å². The third-order valence-electron chi connectivity index (χ3n) is 2.22. The van der Waals surface area contributed by atoms with E-state index >= 15 is 0 Å². The van der Waals surface area contributed by atoms with Gasteiger partial charge in [0.25, 0.3) is 5.91 Å². The second-order valence-electron chi connectivity index (χ2n) is 3.90. The molecular weight excluding hydrogens is 254 g/mol. The van der Waals surface area contributed by atoms with Gasteiger partial charge in [-0.3, -0.25) is 4.79 Å². The quantitative estimate of drug-likeness (QED) is 0.726. The minimum Gasteiger partial charge on any atom is -0.373 e. The van der Waals surface area contributed by atoms with Gasteiger partial charge in [0.1, 0.15) is 21.3 Å². The molecule has 0 bridgehead atoms. The topological polar surface area (TPSA) is 88.2 Å². The van der Waals surface area contributed by atoms with Crippen molar-refractivity contribution in [3.05, 3.63) is 23.9 Å². The second-order valence-corrected chi connectivity index (χ2v) is 6.16. The highest BCUT2D eigenvalue weighted by Crippen LogP contribution is 2.03. The van der Waals surface area contributed by atoms with Gasteiger partial charge in [0.05, 0.1) is 5.75 Å². The maximum atomic E-state index is 11.7. The molecule has 100 valence electrons. The Kier molecular flexibility index (Phi) is 5.08. The fourth-order valence-electron chi connectivity index (χ4n) is 1.33. The van der Waals surface area contributed by atoms with Gasteiger partial charge in [-0.2, -0.15) is 0 Å². The molecule has 1 amide bonds. The number of pyridine rings is 1. The molecule has 0 saturated carbocycles. The van der Waals surface area contributed by atoms with Gasteiger partial charge in [-0.1, -0.05) is 6.07 Å². The van der Waals surface area contributed by atoms with Crippen LogP contribution in [0.1, 0.15) is 16.9 Å². The number of nitrogens with zero attached hydrogens (tertiary/aromatic N) is 1. The first kappa shape index (κ1) is 14.4. The molecule has 2 N–H and O–H groups in total. The number of hydrogen-bond acceptors (Lipinski definition) is 5. The molecule has 18 heavy (non-hydrogen) atoms. The Morgan fingerprint density at radius 2 is 2.11 bits per heavy atom. The van der Waals surface area contributed by atoms with Crippen molar-refractivity contribution in [1.82, 2.24) is 10.3 Å². The molecule has 1 aromatic rings. The minimum atomic E-state index is -2.97. The Hall–Kier alpha value is -1.63. The summed E-state index contributed by atoms with van der Waals surface area (Å²) in [6, 6.07) is 5.08. The van der Waals surface area contributed by atoms with Crippen LogP contribution in [0.15, 0.2) is 18.2 Å². The van der Waals surface area contributed by atoms with E-state index in [1.54, 1.807) is 25.2 Å². The first-order valence-electron chi connectivity index (χ1n) is 5.53. The summed E-state index contributed by atoms with van der Waals surface area (Å²) in [5, 5.41) is 5.47. The smallest absolute Gasteiger partial charge is 0.269 e. The zero-order valence-electron chi connectivity index (χ0n) is 10.4. The SMILES string of the molecule is CNc1cccc(C(=O)NCCCS(C)(=O)=O)n1. The molecule has 0 fully saturated rings. The molecule has 0 saturated heterocycles. The van der Waals surface area contributed by atoms with Crippen molar-refractivity contribution < 1.29 is 13.2 Å². The molecule has 0 aliphatic heterocycles. The van der Waals surface area contributed by atoms with Gasteiger partial charge in [0, 0.05) is 19.8 Å². The molecule has 0 unspecified atom stereocenters. The number of nitrogens with one attached hydrogen (secondary N) is 2. The highest BCUT2D eigenvalue weighted by Gasteiger charge is 2.07. The number of amides is 1. The van der Waals surface area contributed by atoms with Crippen LogP contribution in [0.2, 0.25) is 0 Å². The molecule has 0 atom stereocenters. The Labute approximate surface area is 107 Å². The molecule has 1 rings (SSSR count). The van der Waals surface area contributed by atoms with Crippen LogP contribution in [-0.4, -0.2) is 44.9 Å². The summed E-state index contributed by atoms with van der Waals surface area (Å²) in [5.41, 5.74) is 0.307. The standard InChI is InChI=1S/C11H17N3O3S/c1-12-10-6-3-5-9(14-10)11(15)13-7-4-8-18(2,16)17/h3,5-6H,4,7-8H2,1-2H3,(H,12,14)(H,13,15). The maximum absolute atomic E-state index is 11.7. The highest BCUT2D eigenvalue weighted by molar-refractivity contribution is 7.90. The lowest BCUT2D eigenvalue weighted by Gasteiger charge is -2.05. The van der Waals surface area contributed by atoms with Crippen molar-refractivity contribution in [3.63, 3.8) is 0 Å². The molecule has 0 aromatic carbocycles. The zero-order chi connectivity index (χ0) is 13.6. The summed E-state index contributed by atoms with van der Waals surface area (Å²) in [5.74, 6) is 0.372. The van der Waals surface area contributed by atoms with Crippen molar-refractivity contribution in [2.75, 3.05) is 30.9 Å². The first-order chi connectivity index (χ1) is 8.42. The van der Waals surface area contributed by atoms with Crippen LogP contribution >= 0.6 is 0 Å². The van der Waals surface area contributed by atoms with Gasteiger partial charge in [-0.25, -0.2) is 13.4 Å². The average Bonchev–Trinajstić information content (AvgIpc) is 2.33. The van der Waals surface area contributed by atoms with Crippen molar-refractivity contribution in [2.45, 2.75) is 6.42 Å². The number of anilines is 1. The normalized spacial score (nSPS) is 11.0. The fraction of sp³-hybridized carbons (Fsp3) is 0.455. The highest BCUT2D eigenvalue weighted by atomic mass is 32.2. The third kappa shape index (κ3) is 5.13. The summed E-state index contributed by atoms with van der Waals surface area (Å²) in [6.07, 6.45) is 1.57. The summed E-state index contributed by atoms with van der Waals surface area (Å²) in [7, 11) is -1.26. The molecule has 7 heteroatoms. The van der Waals surface area contributed by atoms with Crippen molar-refractivity contribution in [2.24, 2.45) is 0 Å². The van der Waals surface area contributed by atoms with Crippen LogP contribution in [0.4, 0.5) is 5.82 Å². The lowest BCUT2D eigenvalue weighted by Crippen LogP contribution is -2.26. The van der Waals surface area contributed by atoms with E-state index in [0.717, 1.165) is 0 Å². The second kappa shape index (κ2) is 6.34. The van der Waals surface area contributed by atoms with Crippen LogP contribution in [0.25, 0.3) is 0 Å². The first-order valence-corrected chi connectivity index (χ1v) is 7.59. The van der Waals surface area contributed by atoms with Gasteiger partial charge < -0.3 is 10.6 Å². The Bertz CT molecular complexity index is 514. The van der Waals surface area contributed by atoms with Gasteiger partial charge in [-0.15, -0.1) is 0 Å². The minimum absolute atomic E-state index is 0.0667. The Morgan fingerprint density at radius 3 is 2.72 bits per heavy atom. The Balaban J connectivity index is 2.45. The summed E-state index contributed by atoms with van der Waals surface area (Å²) < 4.78 is 21.8. The molecule has 0 radical (unpaired) electrons. The summed E-state index contributed by atoms with van der Waals surface area (Å²) in [6.45, 7) is 0.317. The molecule has 1 heterocycles. The monoisotopic (exact) mass is 271 g/mol. The predicted molar refractivity (Wildman–Crippen MR) is 70.4 cm³/mol. The van der Waals surface area contributed by atoms with E-state index in [1.165, 1.54) is 6.26 Å². The average molecular weight is 271 g/mol. The number of carbonyl (C=O) groups excluding carboxylic acids is 1. The van der Waals surface area contributed by atoms with Crippen molar-refractivity contribution in [1.29, 1.82) is 0 Å². The molecule has 0 spiro atoms. The molecule has 6 nitrogen and oxygen atoms in total. The van der Waals surface area contributed by atoms with Gasteiger partial charge in [0.15, 0.2) is 0 Å². The van der Waals surface area contributed by atoms with E-state index in [2.05, 4.69) is 15.6 Å². The van der Waals surface area contributed by atoms with Gasteiger partial charge in [0.2, 0.25) is 0 Å². The van der Waals surface area contributed by atoms with Gasteiger partial charge in [-0.05, 0) is 18.6 Å². The van der Waals surface area contributed by atoms with E-state index in [0.29, 0.717) is 24.5 Å². The number of hydrogen-bond donors (Lipinski definition) is 2. The molecular formula is C11H17N3O3S. The van der Waals surface area contributed by atoms with Crippen molar-refractivity contribution in [3.8, 4) is 0 Å². The summed E-state index contributed by atoms with van der Waals surface area (Å²) >= 11 is 0. The van der Waals surface area contributed by atoms with E-state index in [4.69, 9.17) is 0 Å². The van der Waals surface area contributed by atoms with Crippen molar-refractivity contribution >= 4 is 21.6 Å².